The molecular weight excluding hydrogens is 1280 g/mol. The summed E-state index contributed by atoms with van der Waals surface area (Å²) in [6, 6.07) is -8.16. The van der Waals surface area contributed by atoms with Crippen LogP contribution < -0.4 is 97.8 Å². The van der Waals surface area contributed by atoms with Crippen molar-refractivity contribution < 1.29 is 71.8 Å². The molecule has 3 heterocycles. The van der Waals surface area contributed by atoms with Gasteiger partial charge in [-0.15, -0.1) is 0 Å². The Morgan fingerprint density at radius 3 is 1.56 bits per heavy atom. The van der Waals surface area contributed by atoms with E-state index in [0.717, 1.165) is 19.3 Å². The van der Waals surface area contributed by atoms with Gasteiger partial charge in [0.15, 0.2) is 0 Å². The number of nitrogens with two attached hydrogens (primary N) is 5. The van der Waals surface area contributed by atoms with E-state index in [9.17, 15) is 62.3 Å². The fraction of sp³-hybridized carbons (Fsp3) is 0.712. The maximum Gasteiger partial charge on any atom is 0.323 e. The van der Waals surface area contributed by atoms with Gasteiger partial charge in [-0.1, -0.05) is 77.3 Å². The minimum absolute atomic E-state index is 0.0239. The van der Waals surface area contributed by atoms with Crippen LogP contribution in [0.4, 0.5) is 0 Å². The molecule has 0 spiro atoms. The normalized spacial score (nSPS) is 24.3. The van der Waals surface area contributed by atoms with Crippen LogP contribution >= 0.6 is 0 Å². The lowest BCUT2D eigenvalue weighted by Crippen LogP contribution is -2.62. The summed E-state index contributed by atoms with van der Waals surface area (Å²) in [6.45, 7) is 10.1. The zero-order chi connectivity index (χ0) is 73.1. The molecule has 3 saturated heterocycles. The van der Waals surface area contributed by atoms with Crippen molar-refractivity contribution >= 4 is 76.9 Å². The average molecular weight is 1400 g/mol. The Bertz CT molecular complexity index is 2810. The van der Waals surface area contributed by atoms with E-state index in [1.54, 1.807) is 44.2 Å². The van der Waals surface area contributed by atoms with Crippen molar-refractivity contribution in [2.75, 3.05) is 52.4 Å². The molecule has 33 heteroatoms. The lowest BCUT2D eigenvalue weighted by atomic mass is 10.00. The number of benzene rings is 1. The monoisotopic (exact) mass is 1400 g/mol. The van der Waals surface area contributed by atoms with Gasteiger partial charge in [0.1, 0.15) is 84.7 Å². The smallest absolute Gasteiger partial charge is 0.323 e. The molecule has 0 radical (unpaired) electrons. The van der Waals surface area contributed by atoms with Gasteiger partial charge in [-0.25, -0.2) is 0 Å². The van der Waals surface area contributed by atoms with Crippen LogP contribution in [0, 0.1) is 11.8 Å². The van der Waals surface area contributed by atoms with Crippen LogP contribution in [0.5, 0.6) is 0 Å². The number of carbonyl (C=O) groups excluding carboxylic acids is 13. The van der Waals surface area contributed by atoms with Gasteiger partial charge >= 0.3 is 11.9 Å². The maximum absolute atomic E-state index is 15.0. The van der Waals surface area contributed by atoms with Crippen molar-refractivity contribution in [3.05, 3.63) is 35.9 Å². The van der Waals surface area contributed by atoms with E-state index in [4.69, 9.17) is 38.1 Å². The molecule has 556 valence electrons. The van der Waals surface area contributed by atoms with Gasteiger partial charge in [-0.2, -0.15) is 0 Å². The summed E-state index contributed by atoms with van der Waals surface area (Å²) < 4.78 is 11.5. The molecule has 0 bridgehead atoms. The van der Waals surface area contributed by atoms with Gasteiger partial charge in [-0.05, 0) is 154 Å². The lowest BCUT2D eigenvalue weighted by molar-refractivity contribution is -0.155. The highest BCUT2D eigenvalue weighted by Crippen LogP contribution is 2.17. The van der Waals surface area contributed by atoms with E-state index in [0.29, 0.717) is 56.7 Å². The Labute approximate surface area is 579 Å². The summed E-state index contributed by atoms with van der Waals surface area (Å²) in [6.07, 6.45) is 1.03. The molecular formula is C66H112N18O15. The summed E-state index contributed by atoms with van der Waals surface area (Å²) in [4.78, 5) is 186. The van der Waals surface area contributed by atoms with Gasteiger partial charge in [0.25, 0.3) is 0 Å². The second kappa shape index (κ2) is 44.2. The van der Waals surface area contributed by atoms with E-state index in [2.05, 4.69) is 83.0 Å². The first-order chi connectivity index (χ1) is 47.3. The summed E-state index contributed by atoms with van der Waals surface area (Å²) in [7, 11) is 0. The van der Waals surface area contributed by atoms with Crippen LogP contribution in [-0.2, 0) is 78.2 Å². The third-order valence-corrected chi connectivity index (χ3v) is 17.5. The van der Waals surface area contributed by atoms with Gasteiger partial charge in [0.2, 0.25) is 65.0 Å². The topological polar surface area (TPSA) is 527 Å². The Morgan fingerprint density at radius 2 is 1.03 bits per heavy atom. The van der Waals surface area contributed by atoms with Crippen LogP contribution in [0.1, 0.15) is 150 Å². The predicted molar refractivity (Wildman–Crippen MR) is 366 cm³/mol. The lowest BCUT2D eigenvalue weighted by Gasteiger charge is -2.30. The summed E-state index contributed by atoms with van der Waals surface area (Å²) >= 11 is 0. The number of esters is 2. The summed E-state index contributed by atoms with van der Waals surface area (Å²) in [5, 5.41) is 35.0. The number of nitrogens with one attached hydrogen (secondary N) is 13. The van der Waals surface area contributed by atoms with Crippen molar-refractivity contribution in [1.29, 1.82) is 0 Å². The third kappa shape index (κ3) is 28.7. The number of ether oxygens (including phenoxy) is 2. The van der Waals surface area contributed by atoms with Gasteiger partial charge in [0, 0.05) is 19.4 Å². The quantitative estimate of drug-likeness (QED) is 0.0232. The Hall–Kier alpha value is -7.95. The van der Waals surface area contributed by atoms with Crippen molar-refractivity contribution in [3.63, 3.8) is 0 Å². The highest BCUT2D eigenvalue weighted by Gasteiger charge is 2.40. The van der Waals surface area contributed by atoms with Crippen LogP contribution in [0.15, 0.2) is 30.3 Å². The first-order valence-corrected chi connectivity index (χ1v) is 35.0. The number of rotatable bonds is 33. The standard InChI is InChI=1S/C66H112N18O15/c1-7-38(4)15-11-12-20-52(85)75-42(21-27-67)59(90)84-54(40(6)99-66(97)49-19-14-33-73-49)64(95)80-45(24-30-70)56(87)79-47-26-34-74-63(94)53(39(5)98-65(96)48-18-13-32-72-48)83-60(91)46(25-31-71)77-55(86)43(22-28-68)78-61(92)50(35-37(2)3)81-62(93)51(36-41-16-9-8-10-17-41)82-57(88)44(23-29-69)76-58(47)89/h8-10,16-17,37-40,42-51,53-54,72-73H,7,11-15,18-36,67-71H2,1-6H3,(H,74,94)(H,75,85)(H,76,89)(H,77,86)(H,78,92)(H,79,87)(H,80,95)(H,81,93)(H,82,88)(H,83,91)(H,84,90)/t38-,39+,40+,42-,43-,44-,45-,46-,47-,48-,49-,50-,51+,53-,54-/m0/s1. The second-order valence-corrected chi connectivity index (χ2v) is 26.1. The van der Waals surface area contributed by atoms with E-state index < -0.39 is 175 Å². The zero-order valence-electron chi connectivity index (χ0n) is 58.3. The molecule has 33 nitrogen and oxygen atoms in total. The molecule has 0 unspecified atom stereocenters. The van der Waals surface area contributed by atoms with Crippen LogP contribution in [-0.4, -0.2) is 214 Å². The molecule has 15 atom stereocenters. The fourth-order valence-corrected chi connectivity index (χ4v) is 11.5. The molecule has 3 fully saturated rings. The zero-order valence-corrected chi connectivity index (χ0v) is 58.3. The average Bonchev–Trinajstić information content (AvgIpc) is 1.27. The number of hydrogen-bond acceptors (Lipinski definition) is 22. The second-order valence-electron chi connectivity index (χ2n) is 26.1. The van der Waals surface area contributed by atoms with E-state index in [-0.39, 0.29) is 90.0 Å². The summed E-state index contributed by atoms with van der Waals surface area (Å²) in [5.41, 5.74) is 30.5. The van der Waals surface area contributed by atoms with E-state index in [1.807, 2.05) is 0 Å². The Balaban J connectivity index is 1.81. The van der Waals surface area contributed by atoms with Crippen LogP contribution in [0.2, 0.25) is 0 Å². The molecule has 0 aliphatic carbocycles. The molecule has 1 aromatic rings. The molecule has 3 aliphatic rings. The molecule has 99 heavy (non-hydrogen) atoms. The Morgan fingerprint density at radius 1 is 0.525 bits per heavy atom. The predicted octanol–water partition coefficient (Wildman–Crippen LogP) is -4.64. The highest BCUT2D eigenvalue weighted by atomic mass is 16.6. The number of amides is 11. The van der Waals surface area contributed by atoms with Gasteiger partial charge in [-0.3, -0.25) is 62.3 Å². The SMILES string of the molecule is CC[C@H](C)CCCCC(=O)N[C@@H](CCN)C(=O)N[C@H](C(=O)N[C@@H](CCN)C(=O)N[C@H]1CCNC(=O)[C@H]([C@@H](C)OC(=O)[C@@H]2CCCN2)NC(=O)[C@H](CCN)NC(=O)[C@H](CCN)NC(=O)[C@H](CC(C)C)NC(=O)[C@@H](Cc2ccccc2)NC(=O)[C@H](CCN)NC1=O)[C@@H](C)OC(=O)[C@@H]1CCCN1. The van der Waals surface area contributed by atoms with Crippen LogP contribution in [0.3, 0.4) is 0 Å². The third-order valence-electron chi connectivity index (χ3n) is 17.5. The molecule has 11 amide bonds. The fourth-order valence-electron chi connectivity index (χ4n) is 11.5. The van der Waals surface area contributed by atoms with Gasteiger partial charge in [0.05, 0.1) is 0 Å². The number of carbonyl (C=O) groups is 13. The van der Waals surface area contributed by atoms with Crippen LogP contribution in [0.25, 0.3) is 0 Å². The first kappa shape index (κ1) is 83.5. The minimum atomic E-state index is -1.74. The molecule has 1 aromatic carbocycles. The largest absolute Gasteiger partial charge is 0.459 e. The molecule has 0 saturated carbocycles. The van der Waals surface area contributed by atoms with E-state index in [1.165, 1.54) is 13.8 Å². The molecule has 3 aliphatic heterocycles. The minimum Gasteiger partial charge on any atom is -0.459 e. The van der Waals surface area contributed by atoms with Gasteiger partial charge < -0.3 is 107 Å². The Kier molecular flexibility index (Phi) is 37.3. The van der Waals surface area contributed by atoms with Crippen molar-refractivity contribution in [2.24, 2.45) is 40.5 Å². The van der Waals surface area contributed by atoms with E-state index >= 15 is 0 Å². The van der Waals surface area contributed by atoms with Crippen molar-refractivity contribution in [3.8, 4) is 0 Å². The molecule has 23 N–H and O–H groups in total. The number of hydrogen-bond donors (Lipinski definition) is 18. The highest BCUT2D eigenvalue weighted by molar-refractivity contribution is 5.99. The molecule has 4 rings (SSSR count). The van der Waals surface area contributed by atoms with Crippen molar-refractivity contribution in [2.45, 2.75) is 235 Å². The maximum atomic E-state index is 15.0. The first-order valence-electron chi connectivity index (χ1n) is 35.0. The van der Waals surface area contributed by atoms with Crippen molar-refractivity contribution in [1.82, 2.24) is 69.1 Å². The number of unbranched alkanes of at least 4 members (excludes halogenated alkanes) is 1. The summed E-state index contributed by atoms with van der Waals surface area (Å²) in [5.74, 6) is -11.1. The molecule has 0 aromatic heterocycles.